The molecule has 1 fully saturated rings. The van der Waals surface area contributed by atoms with Gasteiger partial charge in [-0.3, -0.25) is 0 Å². The van der Waals surface area contributed by atoms with E-state index < -0.39 is 37.1 Å². The minimum absolute atomic E-state index is 0.471. The van der Waals surface area contributed by atoms with Gasteiger partial charge in [0.25, 0.3) is 0 Å². The highest BCUT2D eigenvalue weighted by atomic mass is 35.5. The molecule has 3 aromatic rings. The summed E-state index contributed by atoms with van der Waals surface area (Å²) >= 11 is 8.18. The zero-order valence-corrected chi connectivity index (χ0v) is 18.5. The number of hydrogen-bond acceptors (Lipinski definition) is 7. The van der Waals surface area contributed by atoms with Gasteiger partial charge in [-0.15, -0.1) is 11.3 Å². The molecule has 0 spiro atoms. The highest BCUT2D eigenvalue weighted by Crippen LogP contribution is 2.42. The lowest BCUT2D eigenvalue weighted by Crippen LogP contribution is -2.55. The zero-order valence-electron chi connectivity index (χ0n) is 16.9. The minimum atomic E-state index is -1.43. The molecule has 5 unspecified atom stereocenters. The van der Waals surface area contributed by atoms with Crippen LogP contribution in [0.3, 0.4) is 0 Å². The summed E-state index contributed by atoms with van der Waals surface area (Å²) in [5.41, 5.74) is 2.57. The van der Waals surface area contributed by atoms with Crippen LogP contribution in [-0.2, 0) is 11.2 Å². The maximum atomic E-state index is 10.6. The first-order valence-electron chi connectivity index (χ1n) is 10.1. The molecule has 8 heteroatoms. The average Bonchev–Trinajstić information content (AvgIpc) is 3.27. The Morgan fingerprint density at radius 2 is 1.81 bits per heavy atom. The molecular weight excluding hydrogens is 440 g/mol. The summed E-state index contributed by atoms with van der Waals surface area (Å²) in [4.78, 5) is 0. The van der Waals surface area contributed by atoms with Crippen molar-refractivity contribution in [2.45, 2.75) is 43.9 Å². The predicted octanol–water partition coefficient (Wildman–Crippen LogP) is 3.06. The van der Waals surface area contributed by atoms with E-state index in [4.69, 9.17) is 21.1 Å². The number of hydrogen-bond donors (Lipinski definition) is 4. The second-order valence-electron chi connectivity index (χ2n) is 7.61. The molecule has 0 bridgehead atoms. The molecule has 1 aromatic heterocycles. The third-order valence-corrected chi connectivity index (χ3v) is 7.01. The van der Waals surface area contributed by atoms with Crippen LogP contribution in [0.2, 0.25) is 5.02 Å². The Balaban J connectivity index is 1.73. The Hall–Kier alpha value is -1.71. The van der Waals surface area contributed by atoms with Crippen LogP contribution < -0.4 is 4.74 Å². The summed E-state index contributed by atoms with van der Waals surface area (Å²) in [5, 5.41) is 43.9. The molecule has 2 heterocycles. The van der Waals surface area contributed by atoms with E-state index in [2.05, 4.69) is 0 Å². The summed E-state index contributed by atoms with van der Waals surface area (Å²) in [6.07, 6.45) is -5.50. The molecule has 5 atom stereocenters. The van der Waals surface area contributed by atoms with E-state index >= 15 is 0 Å². The van der Waals surface area contributed by atoms with E-state index in [1.54, 1.807) is 0 Å². The summed E-state index contributed by atoms with van der Waals surface area (Å²) in [7, 11) is 0. The highest BCUT2D eigenvalue weighted by molar-refractivity contribution is 7.17. The highest BCUT2D eigenvalue weighted by Gasteiger charge is 2.44. The van der Waals surface area contributed by atoms with Crippen LogP contribution in [0.1, 0.15) is 29.7 Å². The van der Waals surface area contributed by atoms with E-state index in [0.29, 0.717) is 23.6 Å². The Kier molecular flexibility index (Phi) is 6.83. The van der Waals surface area contributed by atoms with Crippen molar-refractivity contribution in [3.05, 3.63) is 63.5 Å². The van der Waals surface area contributed by atoms with Crippen molar-refractivity contribution in [3.63, 3.8) is 0 Å². The van der Waals surface area contributed by atoms with Gasteiger partial charge < -0.3 is 29.9 Å². The molecule has 0 saturated carbocycles. The lowest BCUT2D eigenvalue weighted by molar-refractivity contribution is -0.231. The van der Waals surface area contributed by atoms with E-state index in [1.807, 2.05) is 48.7 Å². The normalized spacial score (nSPS) is 26.3. The lowest BCUT2D eigenvalue weighted by Gasteiger charge is -2.40. The van der Waals surface area contributed by atoms with Crippen LogP contribution in [-0.4, -0.2) is 58.1 Å². The smallest absolute Gasteiger partial charge is 0.119 e. The van der Waals surface area contributed by atoms with Crippen LogP contribution in [0, 0.1) is 0 Å². The monoisotopic (exact) mass is 464 g/mol. The fraction of sp³-hybridized carbons (Fsp3) is 0.391. The van der Waals surface area contributed by atoms with Gasteiger partial charge in [0.05, 0.1) is 18.2 Å². The molecule has 0 radical (unpaired) electrons. The summed E-state index contributed by atoms with van der Waals surface area (Å²) < 4.78 is 12.2. The lowest BCUT2D eigenvalue weighted by atomic mass is 9.89. The largest absolute Gasteiger partial charge is 0.494 e. The van der Waals surface area contributed by atoms with E-state index in [0.717, 1.165) is 27.0 Å². The topological polar surface area (TPSA) is 99.4 Å². The second kappa shape index (κ2) is 9.42. The standard InChI is InChI=1S/C23H25ClO6S/c1-2-29-14-5-3-12(4-6-14)9-13-10-16(23-15(18(13)24)7-8-31-23)22-21(28)20(27)19(26)17(11-25)30-22/h3-8,10,17,19-22,25-28H,2,9,11H2,1H3. The van der Waals surface area contributed by atoms with Gasteiger partial charge in [-0.25, -0.2) is 0 Å². The Morgan fingerprint density at radius 1 is 1.06 bits per heavy atom. The van der Waals surface area contributed by atoms with E-state index in [1.165, 1.54) is 11.3 Å². The summed E-state index contributed by atoms with van der Waals surface area (Å²) in [6, 6.07) is 11.6. The quantitative estimate of drug-likeness (QED) is 0.447. The van der Waals surface area contributed by atoms with Gasteiger partial charge in [0, 0.05) is 15.6 Å². The Labute approximate surface area is 189 Å². The molecule has 4 rings (SSSR count). The van der Waals surface area contributed by atoms with Crippen LogP contribution in [0.25, 0.3) is 10.1 Å². The first kappa shape index (κ1) is 22.5. The van der Waals surface area contributed by atoms with Gasteiger partial charge >= 0.3 is 0 Å². The van der Waals surface area contributed by atoms with E-state index in [9.17, 15) is 20.4 Å². The molecule has 4 N–H and O–H groups in total. The molecule has 166 valence electrons. The molecule has 2 aromatic carbocycles. The van der Waals surface area contributed by atoms with Crippen LogP contribution in [0.15, 0.2) is 41.8 Å². The molecule has 0 aliphatic carbocycles. The number of aliphatic hydroxyl groups is 4. The maximum absolute atomic E-state index is 10.6. The van der Waals surface area contributed by atoms with Crippen LogP contribution >= 0.6 is 22.9 Å². The first-order valence-corrected chi connectivity index (χ1v) is 11.4. The van der Waals surface area contributed by atoms with Gasteiger partial charge in [0.1, 0.15) is 36.3 Å². The fourth-order valence-electron chi connectivity index (χ4n) is 3.98. The van der Waals surface area contributed by atoms with Gasteiger partial charge in [-0.1, -0.05) is 23.7 Å². The Bertz CT molecular complexity index is 1030. The Morgan fingerprint density at radius 3 is 2.48 bits per heavy atom. The summed E-state index contributed by atoms with van der Waals surface area (Å²) in [5.74, 6) is 0.799. The first-order chi connectivity index (χ1) is 14.9. The number of ether oxygens (including phenoxy) is 2. The molecule has 1 aliphatic heterocycles. The van der Waals surface area contributed by atoms with Gasteiger partial charge in [-0.2, -0.15) is 0 Å². The number of halogens is 1. The molecule has 6 nitrogen and oxygen atoms in total. The summed E-state index contributed by atoms with van der Waals surface area (Å²) in [6.45, 7) is 2.06. The van der Waals surface area contributed by atoms with Gasteiger partial charge in [0.15, 0.2) is 0 Å². The molecule has 1 aliphatic rings. The van der Waals surface area contributed by atoms with Crippen LogP contribution in [0.4, 0.5) is 0 Å². The molecule has 0 amide bonds. The fourth-order valence-corrected chi connectivity index (χ4v) is 5.27. The van der Waals surface area contributed by atoms with Crippen molar-refractivity contribution in [2.75, 3.05) is 13.2 Å². The van der Waals surface area contributed by atoms with Gasteiger partial charge in [-0.05, 0) is 54.1 Å². The van der Waals surface area contributed by atoms with Crippen molar-refractivity contribution in [2.24, 2.45) is 0 Å². The molecule has 1 saturated heterocycles. The van der Waals surface area contributed by atoms with Crippen molar-refractivity contribution >= 4 is 33.0 Å². The second-order valence-corrected chi connectivity index (χ2v) is 8.90. The molecule has 31 heavy (non-hydrogen) atoms. The van der Waals surface area contributed by atoms with Crippen molar-refractivity contribution in [1.29, 1.82) is 0 Å². The number of rotatable bonds is 6. The number of thiophene rings is 1. The van der Waals surface area contributed by atoms with Gasteiger partial charge in [0.2, 0.25) is 0 Å². The zero-order chi connectivity index (χ0) is 22.1. The SMILES string of the molecule is CCOc1ccc(Cc2cc(C3OC(CO)C(O)C(O)C3O)c3sccc3c2Cl)cc1. The third kappa shape index (κ3) is 4.32. The van der Waals surface area contributed by atoms with E-state index in [-0.39, 0.29) is 0 Å². The maximum Gasteiger partial charge on any atom is 0.119 e. The number of aliphatic hydroxyl groups excluding tert-OH is 4. The van der Waals surface area contributed by atoms with Crippen molar-refractivity contribution in [3.8, 4) is 5.75 Å². The molecular formula is C23H25ClO6S. The van der Waals surface area contributed by atoms with Crippen LogP contribution in [0.5, 0.6) is 5.75 Å². The number of fused-ring (bicyclic) bond motifs is 1. The predicted molar refractivity (Wildman–Crippen MR) is 120 cm³/mol. The van der Waals surface area contributed by atoms with Crippen molar-refractivity contribution in [1.82, 2.24) is 0 Å². The average molecular weight is 465 g/mol. The number of benzene rings is 2. The minimum Gasteiger partial charge on any atom is -0.494 e. The van der Waals surface area contributed by atoms with Crippen molar-refractivity contribution < 1.29 is 29.9 Å². The third-order valence-electron chi connectivity index (χ3n) is 5.60.